The number of halogens is 1. The summed E-state index contributed by atoms with van der Waals surface area (Å²) >= 11 is 0. The first-order chi connectivity index (χ1) is 17.1. The number of pyridine rings is 2. The highest BCUT2D eigenvalue weighted by Gasteiger charge is 2.26. The monoisotopic (exact) mass is 469 g/mol. The number of aryl methyl sites for hydroxylation is 1. The molecule has 6 rings (SSSR count). The minimum Gasteiger partial charge on any atom is -0.352 e. The molecule has 0 bridgehead atoms. The molecule has 2 aliphatic heterocycles. The molecule has 3 aromatic heterocycles. The summed E-state index contributed by atoms with van der Waals surface area (Å²) < 4.78 is 17.0. The van der Waals surface area contributed by atoms with Crippen molar-refractivity contribution in [1.29, 1.82) is 0 Å². The lowest BCUT2D eigenvalue weighted by Gasteiger charge is -2.30. The van der Waals surface area contributed by atoms with Crippen molar-refractivity contribution in [3.63, 3.8) is 0 Å². The van der Waals surface area contributed by atoms with Gasteiger partial charge in [0.1, 0.15) is 29.0 Å². The van der Waals surface area contributed by atoms with E-state index in [2.05, 4.69) is 41.9 Å². The Kier molecular flexibility index (Phi) is 5.24. The van der Waals surface area contributed by atoms with Gasteiger partial charge < -0.3 is 14.8 Å². The second-order valence-electron chi connectivity index (χ2n) is 9.02. The van der Waals surface area contributed by atoms with Crippen molar-refractivity contribution in [2.75, 3.05) is 16.8 Å². The van der Waals surface area contributed by atoms with Crippen LogP contribution in [0.25, 0.3) is 11.5 Å². The summed E-state index contributed by atoms with van der Waals surface area (Å²) in [6.45, 7) is 3.44. The van der Waals surface area contributed by atoms with Crippen molar-refractivity contribution >= 4 is 17.5 Å². The Labute approximate surface area is 201 Å². The third kappa shape index (κ3) is 3.92. The lowest BCUT2D eigenvalue weighted by molar-refractivity contribution is 0.102. The molecular weight excluding hydrogens is 445 g/mol. The number of benzene rings is 1. The highest BCUT2D eigenvalue weighted by molar-refractivity contribution is 6.04. The van der Waals surface area contributed by atoms with Gasteiger partial charge in [-0.3, -0.25) is 4.79 Å². The van der Waals surface area contributed by atoms with E-state index < -0.39 is 11.7 Å². The van der Waals surface area contributed by atoms with Crippen LogP contribution >= 0.6 is 0 Å². The summed E-state index contributed by atoms with van der Waals surface area (Å²) in [5.74, 6) is 1.75. The first-order valence-corrected chi connectivity index (χ1v) is 11.8. The minimum atomic E-state index is -0.537. The van der Waals surface area contributed by atoms with Gasteiger partial charge in [-0.1, -0.05) is 12.1 Å². The van der Waals surface area contributed by atoms with Gasteiger partial charge in [-0.2, -0.15) is 0 Å². The zero-order valence-electron chi connectivity index (χ0n) is 19.3. The maximum Gasteiger partial charge on any atom is 0.259 e. The van der Waals surface area contributed by atoms with Crippen molar-refractivity contribution < 1.29 is 9.18 Å². The van der Waals surface area contributed by atoms with E-state index in [1.165, 1.54) is 6.07 Å². The van der Waals surface area contributed by atoms with Gasteiger partial charge in [-0.05, 0) is 67.3 Å². The van der Waals surface area contributed by atoms with Crippen LogP contribution in [-0.4, -0.2) is 37.2 Å². The van der Waals surface area contributed by atoms with Gasteiger partial charge in [-0.25, -0.2) is 14.4 Å². The van der Waals surface area contributed by atoms with Crippen LogP contribution in [0.4, 0.5) is 16.0 Å². The lowest BCUT2D eigenvalue weighted by Crippen LogP contribution is -2.31. The van der Waals surface area contributed by atoms with Crippen LogP contribution in [0.3, 0.4) is 0 Å². The summed E-state index contributed by atoms with van der Waals surface area (Å²) in [5.41, 5.74) is 2.45. The number of amides is 1. The van der Waals surface area contributed by atoms with Crippen LogP contribution in [0.5, 0.6) is 0 Å². The fourth-order valence-corrected chi connectivity index (χ4v) is 4.90. The standard InChI is InChI=1S/C26H24FN7O/c1-16-8-9-24-31-32-25(34(16)24)21-5-4-6-22(29-21)30-26(35)19-13-18-15-33(23-7-2-3-11-28-23)12-10-17(18)14-20(19)27/h2-7,11,13-14,16H,8-10,12,15H2,1H3,(H,29,30,35). The molecule has 0 saturated heterocycles. The fraction of sp³-hybridized carbons (Fsp3) is 0.269. The average Bonchev–Trinajstić information content (AvgIpc) is 3.47. The molecule has 8 nitrogen and oxygen atoms in total. The highest BCUT2D eigenvalue weighted by Crippen LogP contribution is 2.30. The molecular formula is C26H24FN7O. The van der Waals surface area contributed by atoms with E-state index in [1.54, 1.807) is 24.4 Å². The van der Waals surface area contributed by atoms with E-state index in [0.717, 1.165) is 42.2 Å². The van der Waals surface area contributed by atoms with E-state index in [-0.39, 0.29) is 5.56 Å². The molecule has 9 heteroatoms. The topological polar surface area (TPSA) is 88.8 Å². The minimum absolute atomic E-state index is 0.00387. The maximum atomic E-state index is 14.9. The Morgan fingerprint density at radius 2 is 2.00 bits per heavy atom. The Balaban J connectivity index is 1.25. The molecule has 1 N–H and O–H groups in total. The van der Waals surface area contributed by atoms with E-state index >= 15 is 0 Å². The van der Waals surface area contributed by atoms with E-state index in [4.69, 9.17) is 0 Å². The molecule has 0 spiro atoms. The molecule has 0 aliphatic carbocycles. The second kappa shape index (κ2) is 8.57. The summed E-state index contributed by atoms with van der Waals surface area (Å²) in [6.07, 6.45) is 4.35. The number of carbonyl (C=O) groups excluding carboxylic acids is 1. The molecule has 176 valence electrons. The van der Waals surface area contributed by atoms with Crippen LogP contribution < -0.4 is 10.2 Å². The molecule has 4 aromatic rings. The van der Waals surface area contributed by atoms with Crippen molar-refractivity contribution in [1.82, 2.24) is 24.7 Å². The van der Waals surface area contributed by atoms with Gasteiger partial charge in [0.25, 0.3) is 5.91 Å². The van der Waals surface area contributed by atoms with E-state index in [1.807, 2.05) is 24.3 Å². The Bertz CT molecular complexity index is 1420. The molecule has 2 aliphatic rings. The number of rotatable bonds is 4. The maximum absolute atomic E-state index is 14.9. The third-order valence-corrected chi connectivity index (χ3v) is 6.73. The molecule has 0 saturated carbocycles. The molecule has 1 unspecified atom stereocenters. The second-order valence-corrected chi connectivity index (χ2v) is 9.02. The number of carbonyl (C=O) groups is 1. The largest absolute Gasteiger partial charge is 0.352 e. The lowest BCUT2D eigenvalue weighted by atomic mass is 9.96. The highest BCUT2D eigenvalue weighted by atomic mass is 19.1. The zero-order valence-corrected chi connectivity index (χ0v) is 19.3. The van der Waals surface area contributed by atoms with Crippen molar-refractivity contribution in [2.45, 2.75) is 38.8 Å². The van der Waals surface area contributed by atoms with Crippen LogP contribution in [0.2, 0.25) is 0 Å². The molecule has 0 radical (unpaired) electrons. The summed E-state index contributed by atoms with van der Waals surface area (Å²) in [4.78, 5) is 24.2. The first-order valence-electron chi connectivity index (χ1n) is 11.8. The summed E-state index contributed by atoms with van der Waals surface area (Å²) in [7, 11) is 0. The van der Waals surface area contributed by atoms with Crippen molar-refractivity contribution in [3.8, 4) is 11.5 Å². The van der Waals surface area contributed by atoms with Gasteiger partial charge in [-0.15, -0.1) is 10.2 Å². The van der Waals surface area contributed by atoms with Crippen LogP contribution in [-0.2, 0) is 19.4 Å². The van der Waals surface area contributed by atoms with E-state index in [9.17, 15) is 9.18 Å². The molecule has 1 amide bonds. The number of hydrogen-bond acceptors (Lipinski definition) is 6. The third-order valence-electron chi connectivity index (χ3n) is 6.73. The fourth-order valence-electron chi connectivity index (χ4n) is 4.90. The van der Waals surface area contributed by atoms with E-state index in [0.29, 0.717) is 36.3 Å². The quantitative estimate of drug-likeness (QED) is 0.482. The molecule has 1 atom stereocenters. The molecule has 0 fully saturated rings. The normalized spacial score (nSPS) is 16.6. The number of anilines is 2. The number of hydrogen-bond donors (Lipinski definition) is 1. The van der Waals surface area contributed by atoms with Gasteiger partial charge in [0.05, 0.1) is 5.56 Å². The predicted molar refractivity (Wildman–Crippen MR) is 130 cm³/mol. The molecule has 1 aromatic carbocycles. The van der Waals surface area contributed by atoms with Gasteiger partial charge in [0.2, 0.25) is 0 Å². The number of nitrogens with one attached hydrogen (secondary N) is 1. The number of aromatic nitrogens is 5. The van der Waals surface area contributed by atoms with Crippen molar-refractivity contribution in [3.05, 3.63) is 83.1 Å². The van der Waals surface area contributed by atoms with Crippen LogP contribution in [0.15, 0.2) is 54.7 Å². The summed E-state index contributed by atoms with van der Waals surface area (Å²) in [6, 6.07) is 14.5. The smallest absolute Gasteiger partial charge is 0.259 e. The predicted octanol–water partition coefficient (Wildman–Crippen LogP) is 4.20. The van der Waals surface area contributed by atoms with Crippen LogP contribution in [0.1, 0.15) is 46.7 Å². The Morgan fingerprint density at radius 1 is 1.09 bits per heavy atom. The van der Waals surface area contributed by atoms with Gasteiger partial charge >= 0.3 is 0 Å². The first kappa shape index (κ1) is 21.4. The Hall–Kier alpha value is -4.14. The number of fused-ring (bicyclic) bond motifs is 2. The average molecular weight is 470 g/mol. The zero-order chi connectivity index (χ0) is 23.9. The summed E-state index contributed by atoms with van der Waals surface area (Å²) in [5, 5.41) is 11.3. The van der Waals surface area contributed by atoms with Crippen molar-refractivity contribution in [2.24, 2.45) is 0 Å². The Morgan fingerprint density at radius 3 is 2.86 bits per heavy atom. The molecule has 5 heterocycles. The van der Waals surface area contributed by atoms with Gasteiger partial charge in [0, 0.05) is 31.7 Å². The molecule has 35 heavy (non-hydrogen) atoms. The SMILES string of the molecule is CC1CCc2nnc(-c3cccc(NC(=O)c4cc5c(cc4F)CCN(c4ccccn4)C5)n3)n21. The number of nitrogens with zero attached hydrogens (tertiary/aromatic N) is 6. The van der Waals surface area contributed by atoms with Gasteiger partial charge in [0.15, 0.2) is 5.82 Å². The van der Waals surface area contributed by atoms with Crippen LogP contribution in [0, 0.1) is 5.82 Å².